The normalized spacial score (nSPS) is 16.3. The molecule has 0 spiro atoms. The highest BCUT2D eigenvalue weighted by molar-refractivity contribution is 7.91. The molecule has 0 unspecified atom stereocenters. The van der Waals surface area contributed by atoms with Crippen LogP contribution in [0.5, 0.6) is 0 Å². The quantitative estimate of drug-likeness (QED) is 0.252. The Labute approximate surface area is 232 Å². The molecule has 0 amide bonds. The fourth-order valence-corrected chi connectivity index (χ4v) is 7.27. The highest BCUT2D eigenvalue weighted by atomic mass is 32.2. The molecule has 0 aromatic heterocycles. The summed E-state index contributed by atoms with van der Waals surface area (Å²) in [6.45, 7) is 3.83. The van der Waals surface area contributed by atoms with Gasteiger partial charge < -0.3 is 9.80 Å². The van der Waals surface area contributed by atoms with Crippen LogP contribution < -0.4 is 9.80 Å². The van der Waals surface area contributed by atoms with Crippen LogP contribution in [0.25, 0.3) is 22.3 Å². The number of benzene rings is 4. The van der Waals surface area contributed by atoms with E-state index in [2.05, 4.69) is 46.2 Å². The predicted molar refractivity (Wildman–Crippen MR) is 161 cm³/mol. The largest absolute Gasteiger partial charge is 0.371 e. The van der Waals surface area contributed by atoms with Gasteiger partial charge in [-0.05, 0) is 97.2 Å². The highest BCUT2D eigenvalue weighted by Gasteiger charge is 2.24. The van der Waals surface area contributed by atoms with Crippen molar-refractivity contribution in [3.05, 3.63) is 97.1 Å². The first kappa shape index (κ1) is 25.7. The second-order valence-corrected chi connectivity index (χ2v) is 12.7. The topological polar surface area (TPSA) is 40.6 Å². The Kier molecular flexibility index (Phi) is 7.43. The van der Waals surface area contributed by atoms with Crippen molar-refractivity contribution in [3.63, 3.8) is 0 Å². The average molecular weight is 537 g/mol. The molecule has 5 heteroatoms. The van der Waals surface area contributed by atoms with Gasteiger partial charge in [0.05, 0.1) is 9.79 Å². The Morgan fingerprint density at radius 2 is 0.821 bits per heavy atom. The van der Waals surface area contributed by atoms with E-state index >= 15 is 0 Å². The number of hydrogen-bond donors (Lipinski definition) is 0. The zero-order chi connectivity index (χ0) is 26.7. The second kappa shape index (κ2) is 11.3. The molecule has 2 aliphatic rings. The lowest BCUT2D eigenvalue weighted by Crippen LogP contribution is -2.29. The molecule has 2 aliphatic heterocycles. The van der Waals surface area contributed by atoms with Crippen LogP contribution in [-0.4, -0.2) is 34.6 Å². The van der Waals surface area contributed by atoms with Crippen molar-refractivity contribution in [1.29, 1.82) is 0 Å². The number of nitrogens with zero attached hydrogens (tertiary/aromatic N) is 2. The Hall–Kier alpha value is -3.57. The third-order valence-electron chi connectivity index (χ3n) is 8.06. The van der Waals surface area contributed by atoms with Crippen LogP contribution in [0.3, 0.4) is 0 Å². The van der Waals surface area contributed by atoms with Gasteiger partial charge >= 0.3 is 0 Å². The van der Waals surface area contributed by atoms with Crippen molar-refractivity contribution in [2.45, 2.75) is 48.3 Å². The van der Waals surface area contributed by atoms with Crippen LogP contribution in [-0.2, 0) is 9.84 Å². The third-order valence-corrected chi connectivity index (χ3v) is 9.77. The number of piperidine rings is 2. The van der Waals surface area contributed by atoms with Crippen LogP contribution in [0.2, 0.25) is 0 Å². The Balaban J connectivity index is 1.49. The number of hydrogen-bond acceptors (Lipinski definition) is 4. The molecule has 0 atom stereocenters. The van der Waals surface area contributed by atoms with Crippen LogP contribution in [0.4, 0.5) is 11.4 Å². The monoisotopic (exact) mass is 536 g/mol. The minimum Gasteiger partial charge on any atom is -0.371 e. The molecule has 2 saturated heterocycles. The van der Waals surface area contributed by atoms with E-state index in [0.717, 1.165) is 85.5 Å². The summed E-state index contributed by atoms with van der Waals surface area (Å²) in [6, 6.07) is 32.0. The van der Waals surface area contributed by atoms with Gasteiger partial charge in [-0.2, -0.15) is 0 Å². The molecule has 4 aromatic carbocycles. The molecule has 2 heterocycles. The maximum absolute atomic E-state index is 14.4. The van der Waals surface area contributed by atoms with Crippen molar-refractivity contribution in [3.8, 4) is 22.3 Å². The van der Waals surface area contributed by atoms with Gasteiger partial charge in [0.25, 0.3) is 0 Å². The first-order valence-electron chi connectivity index (χ1n) is 14.2. The number of anilines is 2. The van der Waals surface area contributed by atoms with E-state index in [1.165, 1.54) is 12.8 Å². The van der Waals surface area contributed by atoms with Crippen molar-refractivity contribution in [2.24, 2.45) is 0 Å². The second-order valence-electron chi connectivity index (χ2n) is 10.8. The first-order chi connectivity index (χ1) is 19.1. The van der Waals surface area contributed by atoms with Gasteiger partial charge in [0, 0.05) is 37.6 Å². The lowest BCUT2D eigenvalue weighted by atomic mass is 10.0. The van der Waals surface area contributed by atoms with E-state index in [1.807, 2.05) is 60.7 Å². The minimum absolute atomic E-state index is 0.360. The lowest BCUT2D eigenvalue weighted by Gasteiger charge is -2.30. The lowest BCUT2D eigenvalue weighted by molar-refractivity contribution is 0.576. The van der Waals surface area contributed by atoms with Crippen molar-refractivity contribution in [2.75, 3.05) is 36.0 Å². The molecular weight excluding hydrogens is 500 g/mol. The first-order valence-corrected chi connectivity index (χ1v) is 15.7. The van der Waals surface area contributed by atoms with Gasteiger partial charge in [0.1, 0.15) is 0 Å². The molecule has 0 N–H and O–H groups in total. The summed E-state index contributed by atoms with van der Waals surface area (Å²) in [7, 11) is -3.78. The maximum atomic E-state index is 14.4. The van der Waals surface area contributed by atoms with Gasteiger partial charge in [0.2, 0.25) is 9.84 Å². The standard InChI is InChI=1S/C34H36N2O2S/c37-39(38,33-23-29(27-13-5-1-6-14-27)21-31(25-33)35-17-9-3-10-18-35)34-24-30(28-15-7-2-8-16-28)22-32(26-34)36-19-11-4-12-20-36/h1-2,5-8,13-16,21-26H,3-4,9-12,17-20H2. The molecule has 4 nitrogen and oxygen atoms in total. The van der Waals surface area contributed by atoms with Crippen molar-refractivity contribution >= 4 is 21.2 Å². The van der Waals surface area contributed by atoms with Gasteiger partial charge in [-0.15, -0.1) is 0 Å². The Morgan fingerprint density at radius 1 is 0.436 bits per heavy atom. The molecule has 2 fully saturated rings. The van der Waals surface area contributed by atoms with Gasteiger partial charge in [-0.25, -0.2) is 8.42 Å². The maximum Gasteiger partial charge on any atom is 0.206 e. The van der Waals surface area contributed by atoms with E-state index in [4.69, 9.17) is 0 Å². The molecule has 0 bridgehead atoms. The van der Waals surface area contributed by atoms with Crippen LogP contribution in [0, 0.1) is 0 Å². The van der Waals surface area contributed by atoms with Crippen LogP contribution >= 0.6 is 0 Å². The zero-order valence-corrected chi connectivity index (χ0v) is 23.2. The fraction of sp³-hybridized carbons (Fsp3) is 0.294. The van der Waals surface area contributed by atoms with E-state index in [1.54, 1.807) is 0 Å². The summed E-state index contributed by atoms with van der Waals surface area (Å²) in [5.74, 6) is 0. The number of rotatable bonds is 6. The predicted octanol–water partition coefficient (Wildman–Crippen LogP) is 7.83. The summed E-state index contributed by atoms with van der Waals surface area (Å²) in [5, 5.41) is 0. The molecule has 39 heavy (non-hydrogen) atoms. The van der Waals surface area contributed by atoms with Crippen molar-refractivity contribution < 1.29 is 8.42 Å². The van der Waals surface area contributed by atoms with Crippen molar-refractivity contribution in [1.82, 2.24) is 0 Å². The highest BCUT2D eigenvalue weighted by Crippen LogP contribution is 2.36. The summed E-state index contributed by atoms with van der Waals surface area (Å²) >= 11 is 0. The van der Waals surface area contributed by atoms with Gasteiger partial charge in [-0.3, -0.25) is 0 Å². The molecule has 0 aliphatic carbocycles. The van der Waals surface area contributed by atoms with Crippen LogP contribution in [0.15, 0.2) is 107 Å². The molecule has 0 radical (unpaired) electrons. The van der Waals surface area contributed by atoms with E-state index < -0.39 is 9.84 Å². The fourth-order valence-electron chi connectivity index (χ4n) is 5.88. The zero-order valence-electron chi connectivity index (χ0n) is 22.4. The molecule has 4 aromatic rings. The summed E-state index contributed by atoms with van der Waals surface area (Å²) in [5.41, 5.74) is 5.91. The van der Waals surface area contributed by atoms with Crippen LogP contribution in [0.1, 0.15) is 38.5 Å². The molecule has 6 rings (SSSR count). The van der Waals surface area contributed by atoms with E-state index in [-0.39, 0.29) is 0 Å². The van der Waals surface area contributed by atoms with Gasteiger partial charge in [-0.1, -0.05) is 60.7 Å². The molecule has 200 valence electrons. The molecular formula is C34H36N2O2S. The molecule has 0 saturated carbocycles. The summed E-state index contributed by atoms with van der Waals surface area (Å²) in [4.78, 5) is 5.40. The van der Waals surface area contributed by atoms with Gasteiger partial charge in [0.15, 0.2) is 0 Å². The Morgan fingerprint density at radius 3 is 1.21 bits per heavy atom. The minimum atomic E-state index is -3.78. The number of sulfone groups is 1. The van der Waals surface area contributed by atoms with E-state index in [0.29, 0.717) is 9.79 Å². The summed E-state index contributed by atoms with van der Waals surface area (Å²) < 4.78 is 28.9. The van der Waals surface area contributed by atoms with E-state index in [9.17, 15) is 8.42 Å². The third kappa shape index (κ3) is 5.60. The average Bonchev–Trinajstić information content (AvgIpc) is 3.02. The SMILES string of the molecule is O=S(=O)(c1cc(-c2ccccc2)cc(N2CCCCC2)c1)c1cc(-c2ccccc2)cc(N2CCCCC2)c1. The Bertz CT molecular complexity index is 1410. The summed E-state index contributed by atoms with van der Waals surface area (Å²) in [6.07, 6.45) is 7.00. The smallest absolute Gasteiger partial charge is 0.206 e.